The maximum absolute atomic E-state index is 12.6. The van der Waals surface area contributed by atoms with E-state index < -0.39 is 12.0 Å². The van der Waals surface area contributed by atoms with Gasteiger partial charge in [-0.15, -0.1) is 0 Å². The number of carbonyl (C=O) groups is 1. The highest BCUT2D eigenvalue weighted by molar-refractivity contribution is 5.92. The van der Waals surface area contributed by atoms with Gasteiger partial charge in [-0.25, -0.2) is 4.79 Å². The first-order chi connectivity index (χ1) is 15.1. The van der Waals surface area contributed by atoms with Crippen LogP contribution in [0.4, 0.5) is 5.95 Å². The van der Waals surface area contributed by atoms with Crippen LogP contribution in [0, 0.1) is 0 Å². The molecule has 1 atom stereocenters. The molecule has 4 rings (SSSR count). The van der Waals surface area contributed by atoms with E-state index in [-0.39, 0.29) is 0 Å². The van der Waals surface area contributed by atoms with Crippen molar-refractivity contribution in [3.63, 3.8) is 0 Å². The summed E-state index contributed by atoms with van der Waals surface area (Å²) in [7, 11) is 1.35. The van der Waals surface area contributed by atoms with Gasteiger partial charge in [-0.3, -0.25) is 0 Å². The zero-order valence-electron chi connectivity index (χ0n) is 17.5. The number of rotatable bonds is 7. The van der Waals surface area contributed by atoms with Crippen LogP contribution in [0.3, 0.4) is 0 Å². The Hall–Kier alpha value is -3.88. The highest BCUT2D eigenvalue weighted by Crippen LogP contribution is 2.38. The Labute approximate surface area is 179 Å². The van der Waals surface area contributed by atoms with Crippen molar-refractivity contribution in [3.8, 4) is 11.5 Å². The normalized spacial score (nSPS) is 15.1. The summed E-state index contributed by atoms with van der Waals surface area (Å²) in [6, 6.07) is 14.9. The fraction of sp³-hybridized carbons (Fsp3) is 0.273. The molecule has 3 aromatic rings. The Morgan fingerprint density at radius 1 is 1.13 bits per heavy atom. The lowest BCUT2D eigenvalue weighted by molar-refractivity contribution is -0.136. The van der Waals surface area contributed by atoms with Crippen LogP contribution in [0.25, 0.3) is 0 Å². The average molecular weight is 421 g/mol. The summed E-state index contributed by atoms with van der Waals surface area (Å²) in [5.41, 5.74) is 2.87. The number of methoxy groups -OCH3 is 1. The maximum atomic E-state index is 12.6. The fourth-order valence-corrected chi connectivity index (χ4v) is 3.51. The van der Waals surface area contributed by atoms with E-state index in [0.29, 0.717) is 41.9 Å². The minimum absolute atomic E-state index is 0.414. The molecule has 160 valence electrons. The Bertz CT molecular complexity index is 1110. The van der Waals surface area contributed by atoms with Crippen molar-refractivity contribution in [2.45, 2.75) is 26.5 Å². The molecule has 0 bridgehead atoms. The molecule has 9 nitrogen and oxygen atoms in total. The molecule has 2 heterocycles. The smallest absolute Gasteiger partial charge is 0.338 e. The van der Waals surface area contributed by atoms with Crippen LogP contribution < -0.4 is 14.8 Å². The standard InChI is InChI=1S/C22H23N5O4/c1-4-30-18-12-16(10-11-17(18)31-13-15-8-6-5-7-9-15)20-19(21(28)29-3)14(2)23-22-24-25-26-27(20)22/h5-12,20H,4,13H2,1-3H3,(H,23,24,26)/t20-/m0/s1. The Balaban J connectivity index is 1.71. The van der Waals surface area contributed by atoms with Gasteiger partial charge in [0, 0.05) is 5.70 Å². The number of aromatic nitrogens is 4. The monoisotopic (exact) mass is 421 g/mol. The molecular weight excluding hydrogens is 398 g/mol. The van der Waals surface area contributed by atoms with E-state index in [1.54, 1.807) is 11.6 Å². The van der Waals surface area contributed by atoms with Crippen LogP contribution in [0.5, 0.6) is 11.5 Å². The van der Waals surface area contributed by atoms with Crippen LogP contribution in [-0.2, 0) is 16.1 Å². The Kier molecular flexibility index (Phi) is 5.83. The van der Waals surface area contributed by atoms with Crippen molar-refractivity contribution in [2.24, 2.45) is 0 Å². The van der Waals surface area contributed by atoms with E-state index in [0.717, 1.165) is 11.1 Å². The van der Waals surface area contributed by atoms with Gasteiger partial charge in [0.1, 0.15) is 12.6 Å². The number of anilines is 1. The summed E-state index contributed by atoms with van der Waals surface area (Å²) in [5, 5.41) is 14.8. The number of esters is 1. The summed E-state index contributed by atoms with van der Waals surface area (Å²) in [6.45, 7) is 4.57. The molecule has 0 unspecified atom stereocenters. The first-order valence-corrected chi connectivity index (χ1v) is 9.89. The first kappa shape index (κ1) is 20.4. The molecular formula is C22H23N5O4. The largest absolute Gasteiger partial charge is 0.490 e. The SMILES string of the molecule is CCOc1cc([C@H]2C(C(=O)OC)=C(C)Nc3nnnn32)ccc1OCc1ccccc1. The minimum Gasteiger partial charge on any atom is -0.490 e. The molecule has 0 saturated carbocycles. The number of carbonyl (C=O) groups excluding carboxylic acids is 1. The molecule has 0 aliphatic carbocycles. The van der Waals surface area contributed by atoms with E-state index in [1.165, 1.54) is 7.11 Å². The Morgan fingerprint density at radius 2 is 1.94 bits per heavy atom. The molecule has 1 aliphatic rings. The molecule has 1 aromatic heterocycles. The number of nitrogens with one attached hydrogen (secondary N) is 1. The number of fused-ring (bicyclic) bond motifs is 1. The highest BCUT2D eigenvalue weighted by atomic mass is 16.5. The summed E-state index contributed by atoms with van der Waals surface area (Å²) < 4.78 is 18.4. The molecule has 9 heteroatoms. The Morgan fingerprint density at radius 3 is 2.68 bits per heavy atom. The number of ether oxygens (including phenoxy) is 3. The van der Waals surface area contributed by atoms with Gasteiger partial charge < -0.3 is 19.5 Å². The van der Waals surface area contributed by atoms with Crippen molar-refractivity contribution >= 4 is 11.9 Å². The molecule has 0 fully saturated rings. The molecule has 0 saturated heterocycles. The lowest BCUT2D eigenvalue weighted by Gasteiger charge is -2.27. The second kappa shape index (κ2) is 8.86. The van der Waals surface area contributed by atoms with Gasteiger partial charge in [-0.05, 0) is 47.5 Å². The summed E-state index contributed by atoms with van der Waals surface area (Å²) in [4.78, 5) is 12.6. The predicted molar refractivity (Wildman–Crippen MR) is 113 cm³/mol. The molecule has 1 N–H and O–H groups in total. The van der Waals surface area contributed by atoms with Crippen LogP contribution in [0.1, 0.15) is 31.0 Å². The topological polar surface area (TPSA) is 100 Å². The number of hydrogen-bond acceptors (Lipinski definition) is 8. The lowest BCUT2D eigenvalue weighted by atomic mass is 9.95. The van der Waals surface area contributed by atoms with Gasteiger partial charge in [-0.1, -0.05) is 41.5 Å². The van der Waals surface area contributed by atoms with Gasteiger partial charge in [-0.2, -0.15) is 4.68 Å². The summed E-state index contributed by atoms with van der Waals surface area (Å²) in [6.07, 6.45) is 0. The van der Waals surface area contributed by atoms with Gasteiger partial charge in [0.15, 0.2) is 11.5 Å². The predicted octanol–water partition coefficient (Wildman–Crippen LogP) is 3.11. The van der Waals surface area contributed by atoms with Crippen LogP contribution in [-0.4, -0.2) is 39.9 Å². The van der Waals surface area contributed by atoms with E-state index in [9.17, 15) is 4.79 Å². The molecule has 0 radical (unpaired) electrons. The molecule has 0 spiro atoms. The number of tetrazole rings is 1. The van der Waals surface area contributed by atoms with E-state index in [1.807, 2.05) is 55.5 Å². The first-order valence-electron chi connectivity index (χ1n) is 9.89. The third-order valence-electron chi connectivity index (χ3n) is 4.94. The number of benzene rings is 2. The maximum Gasteiger partial charge on any atom is 0.338 e. The summed E-state index contributed by atoms with van der Waals surface area (Å²) >= 11 is 0. The number of hydrogen-bond donors (Lipinski definition) is 1. The molecule has 2 aromatic carbocycles. The van der Waals surface area contributed by atoms with Crippen molar-refractivity contribution in [2.75, 3.05) is 19.0 Å². The van der Waals surface area contributed by atoms with E-state index in [4.69, 9.17) is 14.2 Å². The lowest BCUT2D eigenvalue weighted by Crippen LogP contribution is -2.29. The minimum atomic E-state index is -0.568. The van der Waals surface area contributed by atoms with Gasteiger partial charge in [0.2, 0.25) is 5.95 Å². The van der Waals surface area contributed by atoms with Gasteiger partial charge >= 0.3 is 5.97 Å². The highest BCUT2D eigenvalue weighted by Gasteiger charge is 2.35. The zero-order valence-corrected chi connectivity index (χ0v) is 17.5. The van der Waals surface area contributed by atoms with Crippen LogP contribution in [0.2, 0.25) is 0 Å². The number of nitrogens with zero attached hydrogens (tertiary/aromatic N) is 4. The van der Waals surface area contributed by atoms with E-state index in [2.05, 4.69) is 20.8 Å². The van der Waals surface area contributed by atoms with Crippen LogP contribution >= 0.6 is 0 Å². The van der Waals surface area contributed by atoms with E-state index >= 15 is 0 Å². The molecule has 0 amide bonds. The van der Waals surface area contributed by atoms with Crippen molar-refractivity contribution in [3.05, 3.63) is 70.9 Å². The van der Waals surface area contributed by atoms with Crippen molar-refractivity contribution in [1.29, 1.82) is 0 Å². The second-order valence-corrected chi connectivity index (χ2v) is 6.92. The van der Waals surface area contributed by atoms with Crippen LogP contribution in [0.15, 0.2) is 59.8 Å². The van der Waals surface area contributed by atoms with Gasteiger partial charge in [0.05, 0.1) is 19.3 Å². The average Bonchev–Trinajstić information content (AvgIpc) is 3.25. The van der Waals surface area contributed by atoms with Gasteiger partial charge in [0.25, 0.3) is 0 Å². The molecule has 31 heavy (non-hydrogen) atoms. The quantitative estimate of drug-likeness (QED) is 0.581. The summed E-state index contributed by atoms with van der Waals surface area (Å²) in [5.74, 6) is 1.17. The molecule has 1 aliphatic heterocycles. The fourth-order valence-electron chi connectivity index (χ4n) is 3.51. The second-order valence-electron chi connectivity index (χ2n) is 6.92. The van der Waals surface area contributed by atoms with Crippen molar-refractivity contribution < 1.29 is 19.0 Å². The third-order valence-corrected chi connectivity index (χ3v) is 4.94. The number of allylic oxidation sites excluding steroid dienone is 1. The van der Waals surface area contributed by atoms with Crippen molar-refractivity contribution in [1.82, 2.24) is 20.2 Å². The zero-order chi connectivity index (χ0) is 21.8. The third kappa shape index (κ3) is 4.07.